The van der Waals surface area contributed by atoms with E-state index in [-0.39, 0.29) is 17.5 Å². The number of aromatic nitrogens is 1. The van der Waals surface area contributed by atoms with Crippen LogP contribution in [0.5, 0.6) is 5.75 Å². The molecule has 2 aromatic carbocycles. The summed E-state index contributed by atoms with van der Waals surface area (Å²) in [5.74, 6) is 0.535. The summed E-state index contributed by atoms with van der Waals surface area (Å²) in [7, 11) is 1.64. The molecule has 2 N–H and O–H groups in total. The summed E-state index contributed by atoms with van der Waals surface area (Å²) in [4.78, 5) is 30.4. The quantitative estimate of drug-likeness (QED) is 0.677. The first kappa shape index (κ1) is 19.2. The second kappa shape index (κ2) is 8.49. The van der Waals surface area contributed by atoms with E-state index in [9.17, 15) is 9.59 Å². The smallest absolute Gasteiger partial charge is 0.252 e. The van der Waals surface area contributed by atoms with Crippen molar-refractivity contribution in [3.05, 3.63) is 76.1 Å². The Morgan fingerprint density at radius 3 is 2.59 bits per heavy atom. The number of methoxy groups -OCH3 is 1. The fraction of sp³-hybridized carbons (Fsp3) is 0.304. The topological polar surface area (TPSA) is 74.4 Å². The van der Waals surface area contributed by atoms with Crippen LogP contribution in [0.4, 0.5) is 0 Å². The minimum atomic E-state index is -0.283. The lowest BCUT2D eigenvalue weighted by molar-refractivity contribution is 0.0928. The number of aromatic amines is 1. The number of hydrogen-bond acceptors (Lipinski definition) is 4. The Kier molecular flexibility index (Phi) is 5.62. The molecule has 0 aliphatic carbocycles. The fourth-order valence-corrected chi connectivity index (χ4v) is 3.92. The molecule has 6 heteroatoms. The van der Waals surface area contributed by atoms with E-state index in [2.05, 4.69) is 15.2 Å². The Balaban J connectivity index is 1.64. The van der Waals surface area contributed by atoms with Crippen LogP contribution in [0.3, 0.4) is 0 Å². The van der Waals surface area contributed by atoms with E-state index < -0.39 is 0 Å². The first-order valence-electron chi connectivity index (χ1n) is 9.93. The Morgan fingerprint density at radius 1 is 1.14 bits per heavy atom. The number of rotatable bonds is 6. The fourth-order valence-electron chi connectivity index (χ4n) is 3.92. The monoisotopic (exact) mass is 391 g/mol. The van der Waals surface area contributed by atoms with Crippen molar-refractivity contribution in [1.29, 1.82) is 0 Å². The van der Waals surface area contributed by atoms with Crippen molar-refractivity contribution in [3.8, 4) is 5.75 Å². The number of likely N-dealkylation sites (tertiary alicyclic amines) is 1. The van der Waals surface area contributed by atoms with E-state index in [4.69, 9.17) is 4.74 Å². The number of amides is 1. The lowest BCUT2D eigenvalue weighted by atomic mass is 10.0. The van der Waals surface area contributed by atoms with Crippen LogP contribution < -0.4 is 15.6 Å². The van der Waals surface area contributed by atoms with E-state index in [0.717, 1.165) is 36.3 Å². The predicted octanol–water partition coefficient (Wildman–Crippen LogP) is 3.10. The van der Waals surface area contributed by atoms with Gasteiger partial charge in [0.2, 0.25) is 5.56 Å². The molecule has 1 fully saturated rings. The maximum atomic E-state index is 13.2. The van der Waals surface area contributed by atoms with Crippen LogP contribution in [0.1, 0.15) is 34.8 Å². The average molecular weight is 391 g/mol. The van der Waals surface area contributed by atoms with Crippen LogP contribution in [0.25, 0.3) is 10.9 Å². The number of para-hydroxylation sites is 1. The summed E-state index contributed by atoms with van der Waals surface area (Å²) < 4.78 is 5.26. The highest BCUT2D eigenvalue weighted by Crippen LogP contribution is 2.22. The minimum Gasteiger partial charge on any atom is -0.497 e. The highest BCUT2D eigenvalue weighted by atomic mass is 16.5. The number of pyridine rings is 1. The van der Waals surface area contributed by atoms with Crippen molar-refractivity contribution in [2.24, 2.45) is 0 Å². The lowest BCUT2D eigenvalue weighted by Crippen LogP contribution is -2.37. The SMILES string of the molecule is COc1ccc([C@H](CN2CCCC2)NC(=O)c2cc(=O)[nH]c3ccccc23)cc1. The molecule has 4 rings (SSSR count). The van der Waals surface area contributed by atoms with Gasteiger partial charge in [0.1, 0.15) is 5.75 Å². The molecule has 0 saturated carbocycles. The van der Waals surface area contributed by atoms with Crippen molar-refractivity contribution in [2.45, 2.75) is 18.9 Å². The molecular weight excluding hydrogens is 366 g/mol. The number of hydrogen-bond donors (Lipinski definition) is 2. The molecule has 6 nitrogen and oxygen atoms in total. The third-order valence-corrected chi connectivity index (χ3v) is 5.46. The van der Waals surface area contributed by atoms with Crippen LogP contribution >= 0.6 is 0 Å². The van der Waals surface area contributed by atoms with Gasteiger partial charge in [0.05, 0.1) is 18.7 Å². The maximum Gasteiger partial charge on any atom is 0.252 e. The van der Waals surface area contributed by atoms with Crippen LogP contribution in [0, 0.1) is 0 Å². The van der Waals surface area contributed by atoms with Crippen molar-refractivity contribution >= 4 is 16.8 Å². The number of ether oxygens (including phenoxy) is 1. The second-order valence-electron chi connectivity index (χ2n) is 7.40. The standard InChI is InChI=1S/C23H25N3O3/c1-29-17-10-8-16(9-11-17)21(15-26-12-4-5-13-26)25-23(28)19-14-22(27)24-20-7-3-2-6-18(19)20/h2-3,6-11,14,21H,4-5,12-13,15H2,1H3,(H,24,27)(H,25,28)/t21-/m0/s1. The molecular formula is C23H25N3O3. The maximum absolute atomic E-state index is 13.2. The third-order valence-electron chi connectivity index (χ3n) is 5.46. The lowest BCUT2D eigenvalue weighted by Gasteiger charge is -2.25. The molecule has 1 aliphatic rings. The first-order valence-corrected chi connectivity index (χ1v) is 9.93. The van der Waals surface area contributed by atoms with E-state index in [0.29, 0.717) is 11.1 Å². The Hall–Kier alpha value is -3.12. The minimum absolute atomic E-state index is 0.176. The van der Waals surface area contributed by atoms with Crippen LogP contribution in [0.2, 0.25) is 0 Å². The zero-order chi connectivity index (χ0) is 20.2. The summed E-state index contributed by atoms with van der Waals surface area (Å²) >= 11 is 0. The molecule has 1 amide bonds. The van der Waals surface area contributed by atoms with Crippen molar-refractivity contribution in [3.63, 3.8) is 0 Å². The van der Waals surface area contributed by atoms with Gasteiger partial charge < -0.3 is 19.9 Å². The molecule has 150 valence electrons. The molecule has 29 heavy (non-hydrogen) atoms. The van der Waals surface area contributed by atoms with Gasteiger partial charge in [0.25, 0.3) is 5.91 Å². The average Bonchev–Trinajstić information content (AvgIpc) is 3.26. The van der Waals surface area contributed by atoms with Gasteiger partial charge in [-0.3, -0.25) is 9.59 Å². The molecule has 2 heterocycles. The predicted molar refractivity (Wildman–Crippen MR) is 113 cm³/mol. The Morgan fingerprint density at radius 2 is 1.86 bits per heavy atom. The zero-order valence-electron chi connectivity index (χ0n) is 16.5. The molecule has 1 atom stereocenters. The number of carbonyl (C=O) groups is 1. The zero-order valence-corrected chi connectivity index (χ0v) is 16.5. The van der Waals surface area contributed by atoms with Gasteiger partial charge in [-0.05, 0) is 49.7 Å². The summed E-state index contributed by atoms with van der Waals surface area (Å²) in [6, 6.07) is 16.3. The van der Waals surface area contributed by atoms with Gasteiger partial charge >= 0.3 is 0 Å². The molecule has 1 aromatic heterocycles. The third kappa shape index (κ3) is 4.32. The van der Waals surface area contributed by atoms with Gasteiger partial charge in [-0.1, -0.05) is 30.3 Å². The number of nitrogens with zero attached hydrogens (tertiary/aromatic N) is 1. The molecule has 1 saturated heterocycles. The molecule has 0 spiro atoms. The number of benzene rings is 2. The first-order chi connectivity index (χ1) is 14.1. The molecule has 3 aromatic rings. The van der Waals surface area contributed by atoms with Crippen molar-refractivity contribution in [1.82, 2.24) is 15.2 Å². The normalized spacial score (nSPS) is 15.3. The van der Waals surface area contributed by atoms with E-state index in [1.807, 2.05) is 42.5 Å². The Bertz CT molecular complexity index is 1050. The van der Waals surface area contributed by atoms with Crippen LogP contribution in [-0.4, -0.2) is 42.5 Å². The largest absolute Gasteiger partial charge is 0.497 e. The molecule has 0 bridgehead atoms. The van der Waals surface area contributed by atoms with Crippen molar-refractivity contribution < 1.29 is 9.53 Å². The van der Waals surface area contributed by atoms with Crippen LogP contribution in [0.15, 0.2) is 59.4 Å². The molecule has 1 aliphatic heterocycles. The second-order valence-corrected chi connectivity index (χ2v) is 7.40. The van der Waals surface area contributed by atoms with E-state index >= 15 is 0 Å². The van der Waals surface area contributed by atoms with Gasteiger partial charge in [-0.2, -0.15) is 0 Å². The summed E-state index contributed by atoms with van der Waals surface area (Å²) in [5, 5.41) is 3.89. The molecule has 0 unspecified atom stereocenters. The molecule has 0 radical (unpaired) electrons. The summed E-state index contributed by atoms with van der Waals surface area (Å²) in [6.07, 6.45) is 2.37. The van der Waals surface area contributed by atoms with Crippen molar-refractivity contribution in [2.75, 3.05) is 26.7 Å². The van der Waals surface area contributed by atoms with Gasteiger partial charge in [0.15, 0.2) is 0 Å². The van der Waals surface area contributed by atoms with Gasteiger partial charge in [-0.15, -0.1) is 0 Å². The highest BCUT2D eigenvalue weighted by Gasteiger charge is 2.22. The number of fused-ring (bicyclic) bond motifs is 1. The van der Waals surface area contributed by atoms with E-state index in [1.54, 1.807) is 13.2 Å². The summed E-state index contributed by atoms with van der Waals surface area (Å²) in [5.41, 5.74) is 1.78. The van der Waals surface area contributed by atoms with Crippen LogP contribution in [-0.2, 0) is 0 Å². The van der Waals surface area contributed by atoms with Gasteiger partial charge in [0, 0.05) is 23.5 Å². The Labute approximate surface area is 169 Å². The highest BCUT2D eigenvalue weighted by molar-refractivity contribution is 6.06. The summed E-state index contributed by atoms with van der Waals surface area (Å²) in [6.45, 7) is 2.81. The van der Waals surface area contributed by atoms with Gasteiger partial charge in [-0.25, -0.2) is 0 Å². The number of carbonyl (C=O) groups excluding carboxylic acids is 1. The van der Waals surface area contributed by atoms with E-state index in [1.165, 1.54) is 18.9 Å². The number of nitrogens with one attached hydrogen (secondary N) is 2. The number of H-pyrrole nitrogens is 1.